The molecule has 0 atom stereocenters. The molecule has 0 bridgehead atoms. The molecule has 128 valence electrons. The maximum atomic E-state index is 11.1. The summed E-state index contributed by atoms with van der Waals surface area (Å²) in [5.74, 6) is 1.14. The predicted molar refractivity (Wildman–Crippen MR) is 92.8 cm³/mol. The molecule has 25 heavy (non-hydrogen) atoms. The number of benzene rings is 2. The fourth-order valence-corrected chi connectivity index (χ4v) is 2.95. The Kier molecular flexibility index (Phi) is 3.68. The van der Waals surface area contributed by atoms with Crippen LogP contribution in [0.25, 0.3) is 22.4 Å². The lowest BCUT2D eigenvalue weighted by molar-refractivity contribution is -0.137. The number of hydrogen-bond acceptors (Lipinski definition) is 5. The minimum absolute atomic E-state index is 0.00186. The number of aryl methyl sites for hydroxylation is 1. The molecular formula is C18H17N3O4. The molecule has 0 radical (unpaired) electrons. The number of carboxylic acid groups (broad SMARTS) is 1. The normalized spacial score (nSPS) is 13.1. The first-order valence-corrected chi connectivity index (χ1v) is 7.99. The monoisotopic (exact) mass is 339 g/mol. The highest BCUT2D eigenvalue weighted by Crippen LogP contribution is 2.36. The topological polar surface area (TPSA) is 99.6 Å². The number of nitrogens with zero attached hydrogens (tertiary/aromatic N) is 2. The van der Waals surface area contributed by atoms with Gasteiger partial charge in [-0.05, 0) is 24.3 Å². The van der Waals surface area contributed by atoms with Crippen LogP contribution in [0, 0.1) is 0 Å². The van der Waals surface area contributed by atoms with E-state index in [1.54, 1.807) is 12.1 Å². The van der Waals surface area contributed by atoms with Crippen molar-refractivity contribution in [2.45, 2.75) is 13.0 Å². The van der Waals surface area contributed by atoms with Gasteiger partial charge in [-0.3, -0.25) is 4.79 Å². The minimum Gasteiger partial charge on any atom is -0.486 e. The molecule has 4 rings (SSSR count). The van der Waals surface area contributed by atoms with Crippen molar-refractivity contribution in [3.05, 3.63) is 36.4 Å². The first-order valence-electron chi connectivity index (χ1n) is 7.99. The number of rotatable bonds is 4. The fourth-order valence-electron chi connectivity index (χ4n) is 2.95. The molecule has 3 aromatic rings. The summed E-state index contributed by atoms with van der Waals surface area (Å²) in [5, 5.41) is 9.08. The molecule has 0 saturated heterocycles. The van der Waals surface area contributed by atoms with Crippen molar-refractivity contribution in [2.75, 3.05) is 18.9 Å². The number of nitrogen functional groups attached to an aromatic ring is 1. The van der Waals surface area contributed by atoms with Crippen molar-refractivity contribution in [2.24, 2.45) is 0 Å². The molecule has 2 heterocycles. The molecule has 7 heteroatoms. The second kappa shape index (κ2) is 6.01. The highest BCUT2D eigenvalue weighted by atomic mass is 16.6. The maximum Gasteiger partial charge on any atom is 0.305 e. The van der Waals surface area contributed by atoms with Crippen molar-refractivity contribution in [1.82, 2.24) is 9.55 Å². The number of hydrogen-bond donors (Lipinski definition) is 2. The Morgan fingerprint density at radius 3 is 2.52 bits per heavy atom. The third-order valence-electron chi connectivity index (χ3n) is 4.13. The quantitative estimate of drug-likeness (QED) is 0.709. The minimum atomic E-state index is -0.859. The lowest BCUT2D eigenvalue weighted by Gasteiger charge is -2.18. The summed E-state index contributed by atoms with van der Waals surface area (Å²) in [5.41, 5.74) is 8.85. The summed E-state index contributed by atoms with van der Waals surface area (Å²) in [6.07, 6.45) is 0.00186. The lowest BCUT2D eigenvalue weighted by Crippen LogP contribution is -2.15. The van der Waals surface area contributed by atoms with Gasteiger partial charge in [-0.2, -0.15) is 0 Å². The number of carbonyl (C=O) groups is 1. The number of aliphatic carboxylic acids is 1. The van der Waals surface area contributed by atoms with Crippen LogP contribution >= 0.6 is 0 Å². The summed E-state index contributed by atoms with van der Waals surface area (Å²) in [6, 6.07) is 11.0. The third kappa shape index (κ3) is 2.84. The molecule has 0 unspecified atom stereocenters. The number of nitrogens with two attached hydrogens (primary N) is 1. The van der Waals surface area contributed by atoms with E-state index in [2.05, 4.69) is 0 Å². The Morgan fingerprint density at radius 2 is 1.84 bits per heavy atom. The zero-order valence-electron chi connectivity index (χ0n) is 13.4. The van der Waals surface area contributed by atoms with Gasteiger partial charge in [0.05, 0.1) is 17.5 Å². The number of carboxylic acids is 1. The van der Waals surface area contributed by atoms with Crippen LogP contribution in [0.3, 0.4) is 0 Å². The molecule has 3 N–H and O–H groups in total. The number of imidazole rings is 1. The van der Waals surface area contributed by atoms with Gasteiger partial charge < -0.3 is 24.9 Å². The van der Waals surface area contributed by atoms with Crippen LogP contribution in [0.15, 0.2) is 36.4 Å². The van der Waals surface area contributed by atoms with E-state index >= 15 is 0 Å². The SMILES string of the molecule is Nc1ccc(-c2nc3cc4c(cc3n2CCC(=O)O)OCCO4)cc1. The van der Waals surface area contributed by atoms with E-state index in [1.165, 1.54) is 0 Å². The maximum absolute atomic E-state index is 11.1. The summed E-state index contributed by atoms with van der Waals surface area (Å²) < 4.78 is 13.2. The number of fused-ring (bicyclic) bond motifs is 2. The molecule has 0 aliphatic carbocycles. The molecule has 1 aliphatic heterocycles. The number of anilines is 1. The predicted octanol–water partition coefficient (Wildman–Crippen LogP) is 2.53. The first kappa shape index (κ1) is 15.3. The van der Waals surface area contributed by atoms with Crippen LogP contribution in [0.1, 0.15) is 6.42 Å². The van der Waals surface area contributed by atoms with Crippen molar-refractivity contribution in [3.8, 4) is 22.9 Å². The average molecular weight is 339 g/mol. The Bertz CT molecular complexity index is 947. The second-order valence-electron chi connectivity index (χ2n) is 5.84. The smallest absolute Gasteiger partial charge is 0.305 e. The van der Waals surface area contributed by atoms with Crippen LogP contribution in [-0.4, -0.2) is 33.8 Å². The fraction of sp³-hybridized carbons (Fsp3) is 0.222. The van der Waals surface area contributed by atoms with Gasteiger partial charge in [0.15, 0.2) is 11.5 Å². The molecule has 0 fully saturated rings. The lowest BCUT2D eigenvalue weighted by atomic mass is 10.2. The van der Waals surface area contributed by atoms with E-state index in [9.17, 15) is 4.79 Å². The number of ether oxygens (including phenoxy) is 2. The summed E-state index contributed by atoms with van der Waals surface area (Å²) in [7, 11) is 0. The Hall–Kier alpha value is -3.22. The van der Waals surface area contributed by atoms with Gasteiger partial charge in [-0.15, -0.1) is 0 Å². The van der Waals surface area contributed by atoms with Crippen LogP contribution in [0.5, 0.6) is 11.5 Å². The molecule has 1 aliphatic rings. The van der Waals surface area contributed by atoms with Crippen LogP contribution in [0.2, 0.25) is 0 Å². The average Bonchev–Trinajstić information content (AvgIpc) is 2.96. The van der Waals surface area contributed by atoms with E-state index < -0.39 is 5.97 Å². The number of aromatic nitrogens is 2. The van der Waals surface area contributed by atoms with Gasteiger partial charge in [0.25, 0.3) is 0 Å². The van der Waals surface area contributed by atoms with Gasteiger partial charge >= 0.3 is 5.97 Å². The third-order valence-corrected chi connectivity index (χ3v) is 4.13. The summed E-state index contributed by atoms with van der Waals surface area (Å²) in [6.45, 7) is 1.31. The van der Waals surface area contributed by atoms with Crippen LogP contribution < -0.4 is 15.2 Å². The molecule has 0 amide bonds. The van der Waals surface area contributed by atoms with E-state index in [0.29, 0.717) is 42.8 Å². The van der Waals surface area contributed by atoms with Crippen molar-refractivity contribution in [1.29, 1.82) is 0 Å². The summed E-state index contributed by atoms with van der Waals surface area (Å²) in [4.78, 5) is 15.8. The van der Waals surface area contributed by atoms with Gasteiger partial charge in [0.2, 0.25) is 0 Å². The van der Waals surface area contributed by atoms with Crippen LogP contribution in [0.4, 0.5) is 5.69 Å². The van der Waals surface area contributed by atoms with E-state index in [0.717, 1.165) is 16.6 Å². The summed E-state index contributed by atoms with van der Waals surface area (Å²) >= 11 is 0. The molecule has 7 nitrogen and oxygen atoms in total. The molecule has 0 spiro atoms. The molecular weight excluding hydrogens is 322 g/mol. The van der Waals surface area contributed by atoms with Crippen LogP contribution in [-0.2, 0) is 11.3 Å². The Labute approximate surface area is 143 Å². The highest BCUT2D eigenvalue weighted by molar-refractivity contribution is 5.84. The molecule has 1 aromatic heterocycles. The van der Waals surface area contributed by atoms with E-state index in [-0.39, 0.29) is 6.42 Å². The Balaban J connectivity index is 1.88. The van der Waals surface area contributed by atoms with Crippen molar-refractivity contribution < 1.29 is 19.4 Å². The van der Waals surface area contributed by atoms with Gasteiger partial charge in [-0.1, -0.05) is 0 Å². The Morgan fingerprint density at radius 1 is 1.16 bits per heavy atom. The van der Waals surface area contributed by atoms with Crippen molar-refractivity contribution >= 4 is 22.7 Å². The zero-order valence-corrected chi connectivity index (χ0v) is 13.4. The van der Waals surface area contributed by atoms with Crippen molar-refractivity contribution in [3.63, 3.8) is 0 Å². The largest absolute Gasteiger partial charge is 0.486 e. The zero-order chi connectivity index (χ0) is 17.4. The van der Waals surface area contributed by atoms with E-state index in [1.807, 2.05) is 28.8 Å². The molecule has 2 aromatic carbocycles. The highest BCUT2D eigenvalue weighted by Gasteiger charge is 2.19. The van der Waals surface area contributed by atoms with E-state index in [4.69, 9.17) is 25.3 Å². The molecule has 0 saturated carbocycles. The second-order valence-corrected chi connectivity index (χ2v) is 5.84. The van der Waals surface area contributed by atoms with Gasteiger partial charge in [0.1, 0.15) is 19.0 Å². The van der Waals surface area contributed by atoms with Gasteiger partial charge in [0, 0.05) is 29.9 Å². The first-order chi connectivity index (χ1) is 12.1. The standard InChI is InChI=1S/C18H17N3O4/c19-12-3-1-11(2-4-12)18-20-13-9-15-16(25-8-7-24-15)10-14(13)21(18)6-5-17(22)23/h1-4,9-10H,5-8,19H2,(H,22,23). The van der Waals surface area contributed by atoms with Gasteiger partial charge in [-0.25, -0.2) is 4.98 Å².